The third-order valence-corrected chi connectivity index (χ3v) is 5.15. The summed E-state index contributed by atoms with van der Waals surface area (Å²) in [4.78, 5) is 0. The first kappa shape index (κ1) is 18.0. The van der Waals surface area contributed by atoms with Crippen LogP contribution in [0.15, 0.2) is 6.20 Å². The Morgan fingerprint density at radius 3 is 2.10 bits per heavy atom. The van der Waals surface area contributed by atoms with Crippen LogP contribution >= 0.6 is 22.6 Å². The molecule has 0 aliphatic carbocycles. The average molecular weight is 390 g/mol. The minimum atomic E-state index is 0.313. The van der Waals surface area contributed by atoms with Gasteiger partial charge in [-0.05, 0) is 40.8 Å². The first-order valence-electron chi connectivity index (χ1n) is 8.23. The summed E-state index contributed by atoms with van der Waals surface area (Å²) in [6.07, 6.45) is 14.2. The Morgan fingerprint density at radius 2 is 1.60 bits per heavy atom. The molecule has 1 atom stereocenters. The second-order valence-electron chi connectivity index (χ2n) is 6.34. The fourth-order valence-corrected chi connectivity index (χ4v) is 4.10. The number of aryl methyl sites for hydroxylation is 1. The van der Waals surface area contributed by atoms with Crippen molar-refractivity contribution in [1.29, 1.82) is 0 Å². The van der Waals surface area contributed by atoms with E-state index in [0.29, 0.717) is 5.41 Å². The Labute approximate surface area is 138 Å². The van der Waals surface area contributed by atoms with Gasteiger partial charge in [-0.1, -0.05) is 65.7 Å². The minimum absolute atomic E-state index is 0.313. The molecule has 0 fully saturated rings. The summed E-state index contributed by atoms with van der Waals surface area (Å²) < 4.78 is 3.17. The molecule has 1 aromatic rings. The topological polar surface area (TPSA) is 17.8 Å². The van der Waals surface area contributed by atoms with Crippen LogP contribution in [-0.4, -0.2) is 9.78 Å². The molecule has 0 N–H and O–H groups in total. The molecule has 0 saturated heterocycles. The van der Waals surface area contributed by atoms with Gasteiger partial charge in [0.05, 0.1) is 0 Å². The van der Waals surface area contributed by atoms with Gasteiger partial charge in [-0.25, -0.2) is 0 Å². The van der Waals surface area contributed by atoms with Crippen LogP contribution in [0.5, 0.6) is 0 Å². The van der Waals surface area contributed by atoms with E-state index in [1.165, 1.54) is 67.1 Å². The summed E-state index contributed by atoms with van der Waals surface area (Å²) in [5.74, 6) is 0. The molecule has 116 valence electrons. The number of hydrogen-bond donors (Lipinski definition) is 0. The van der Waals surface area contributed by atoms with Crippen LogP contribution in [0.3, 0.4) is 0 Å². The van der Waals surface area contributed by atoms with Crippen LogP contribution in [0.25, 0.3) is 0 Å². The fraction of sp³-hybridized carbons (Fsp3) is 0.824. The highest BCUT2D eigenvalue weighted by molar-refractivity contribution is 14.1. The molecule has 1 aromatic heterocycles. The van der Waals surface area contributed by atoms with E-state index in [1.54, 1.807) is 0 Å². The summed E-state index contributed by atoms with van der Waals surface area (Å²) in [6, 6.07) is 0. The third-order valence-electron chi connectivity index (χ3n) is 4.35. The van der Waals surface area contributed by atoms with Crippen molar-refractivity contribution in [2.75, 3.05) is 0 Å². The first-order chi connectivity index (χ1) is 9.53. The number of unbranched alkanes of at least 4 members (excludes halogenated alkanes) is 5. The lowest BCUT2D eigenvalue weighted by Crippen LogP contribution is -2.22. The second-order valence-corrected chi connectivity index (χ2v) is 7.36. The van der Waals surface area contributed by atoms with Gasteiger partial charge < -0.3 is 0 Å². The van der Waals surface area contributed by atoms with Gasteiger partial charge in [-0.3, -0.25) is 4.68 Å². The molecule has 0 aliphatic heterocycles. The van der Waals surface area contributed by atoms with E-state index in [9.17, 15) is 0 Å². The van der Waals surface area contributed by atoms with Crippen LogP contribution in [0.4, 0.5) is 0 Å². The SMILES string of the molecule is CCCCCCC(C)(CCCCC)c1cn(C)nc1I. The van der Waals surface area contributed by atoms with Gasteiger partial charge in [-0.2, -0.15) is 5.10 Å². The van der Waals surface area contributed by atoms with Crippen molar-refractivity contribution in [3.05, 3.63) is 15.5 Å². The van der Waals surface area contributed by atoms with E-state index >= 15 is 0 Å². The Morgan fingerprint density at radius 1 is 1.05 bits per heavy atom. The predicted molar refractivity (Wildman–Crippen MR) is 96.2 cm³/mol. The molecule has 0 aromatic carbocycles. The normalized spacial score (nSPS) is 14.4. The Hall–Kier alpha value is -0.0600. The molecule has 1 unspecified atom stereocenters. The minimum Gasteiger partial charge on any atom is -0.274 e. The van der Waals surface area contributed by atoms with Crippen molar-refractivity contribution < 1.29 is 0 Å². The summed E-state index contributed by atoms with van der Waals surface area (Å²) in [7, 11) is 2.04. The highest BCUT2D eigenvalue weighted by Gasteiger charge is 2.29. The Balaban J connectivity index is 2.74. The molecule has 20 heavy (non-hydrogen) atoms. The quantitative estimate of drug-likeness (QED) is 0.363. The second kappa shape index (κ2) is 9.06. The number of halogens is 1. The third kappa shape index (κ3) is 5.38. The number of nitrogens with zero attached hydrogens (tertiary/aromatic N) is 2. The van der Waals surface area contributed by atoms with Gasteiger partial charge in [0.25, 0.3) is 0 Å². The van der Waals surface area contributed by atoms with Gasteiger partial charge in [0.15, 0.2) is 0 Å². The lowest BCUT2D eigenvalue weighted by atomic mass is 9.75. The van der Waals surface area contributed by atoms with Crippen LogP contribution in [0, 0.1) is 3.70 Å². The van der Waals surface area contributed by atoms with E-state index in [-0.39, 0.29) is 0 Å². The lowest BCUT2D eigenvalue weighted by molar-refractivity contribution is 0.364. The zero-order chi connectivity index (χ0) is 15.0. The maximum atomic E-state index is 4.55. The first-order valence-corrected chi connectivity index (χ1v) is 9.31. The maximum Gasteiger partial charge on any atom is 0.127 e. The number of rotatable bonds is 10. The molecule has 0 bridgehead atoms. The number of aromatic nitrogens is 2. The Bertz CT molecular complexity index is 386. The Kier molecular flexibility index (Phi) is 8.15. The van der Waals surface area contributed by atoms with Crippen LogP contribution in [0.2, 0.25) is 0 Å². The van der Waals surface area contributed by atoms with E-state index in [1.807, 2.05) is 11.7 Å². The van der Waals surface area contributed by atoms with Crippen molar-refractivity contribution in [1.82, 2.24) is 9.78 Å². The van der Waals surface area contributed by atoms with Crippen molar-refractivity contribution in [3.63, 3.8) is 0 Å². The molecule has 0 amide bonds. The highest BCUT2D eigenvalue weighted by atomic mass is 127. The summed E-state index contributed by atoms with van der Waals surface area (Å²) in [5.41, 5.74) is 1.78. The summed E-state index contributed by atoms with van der Waals surface area (Å²) >= 11 is 2.40. The molecule has 1 rings (SSSR count). The zero-order valence-electron chi connectivity index (χ0n) is 13.7. The van der Waals surface area contributed by atoms with Gasteiger partial charge in [0.2, 0.25) is 0 Å². The molecule has 0 saturated carbocycles. The smallest absolute Gasteiger partial charge is 0.127 e. The standard InChI is InChI=1S/C17H31IN2/c1-5-7-9-11-13-17(3,12-10-8-6-2)15-14-20(4)19-16(15)18/h14H,5-13H2,1-4H3. The largest absolute Gasteiger partial charge is 0.274 e. The lowest BCUT2D eigenvalue weighted by Gasteiger charge is -2.29. The van der Waals surface area contributed by atoms with Crippen LogP contribution in [-0.2, 0) is 12.5 Å². The number of hydrogen-bond acceptors (Lipinski definition) is 1. The molecule has 0 spiro atoms. The van der Waals surface area contributed by atoms with E-state index < -0.39 is 0 Å². The fourth-order valence-electron chi connectivity index (χ4n) is 2.97. The molecule has 1 heterocycles. The van der Waals surface area contributed by atoms with Gasteiger partial charge in [-0.15, -0.1) is 0 Å². The monoisotopic (exact) mass is 390 g/mol. The van der Waals surface area contributed by atoms with Crippen molar-refractivity contribution >= 4 is 22.6 Å². The molecule has 0 aliphatic rings. The van der Waals surface area contributed by atoms with Crippen LogP contribution in [0.1, 0.15) is 84.1 Å². The van der Waals surface area contributed by atoms with Crippen LogP contribution < -0.4 is 0 Å². The maximum absolute atomic E-state index is 4.55. The van der Waals surface area contributed by atoms with Crippen molar-refractivity contribution in [2.24, 2.45) is 7.05 Å². The molecule has 0 radical (unpaired) electrons. The molecule has 2 nitrogen and oxygen atoms in total. The summed E-state index contributed by atoms with van der Waals surface area (Å²) in [6.45, 7) is 7.02. The average Bonchev–Trinajstić information content (AvgIpc) is 2.75. The van der Waals surface area contributed by atoms with E-state index in [2.05, 4.69) is 54.7 Å². The van der Waals surface area contributed by atoms with Crippen molar-refractivity contribution in [3.8, 4) is 0 Å². The molecule has 3 heteroatoms. The van der Waals surface area contributed by atoms with E-state index in [0.717, 1.165) is 0 Å². The van der Waals surface area contributed by atoms with Crippen molar-refractivity contribution in [2.45, 2.75) is 84.0 Å². The van der Waals surface area contributed by atoms with E-state index in [4.69, 9.17) is 0 Å². The molecular weight excluding hydrogens is 359 g/mol. The zero-order valence-corrected chi connectivity index (χ0v) is 15.9. The predicted octanol–water partition coefficient (Wildman–Crippen LogP) is 5.83. The summed E-state index contributed by atoms with van der Waals surface area (Å²) in [5, 5.41) is 4.55. The van der Waals surface area contributed by atoms with Gasteiger partial charge in [0.1, 0.15) is 3.70 Å². The molecular formula is C17H31IN2. The highest BCUT2D eigenvalue weighted by Crippen LogP contribution is 2.37. The van der Waals surface area contributed by atoms with Gasteiger partial charge in [0, 0.05) is 18.8 Å². The van der Waals surface area contributed by atoms with Gasteiger partial charge >= 0.3 is 0 Å².